The Morgan fingerprint density at radius 1 is 1.07 bits per heavy atom. The molecule has 1 aliphatic heterocycles. The van der Waals surface area contributed by atoms with E-state index < -0.39 is 5.97 Å². The fourth-order valence-electron chi connectivity index (χ4n) is 2.75. The molecule has 1 heterocycles. The summed E-state index contributed by atoms with van der Waals surface area (Å²) in [6.45, 7) is 0.304. The van der Waals surface area contributed by atoms with Gasteiger partial charge in [0.05, 0.1) is 0 Å². The first-order valence-electron chi connectivity index (χ1n) is 8.57. The molecule has 0 aromatic heterocycles. The normalized spacial score (nSPS) is 14.0. The number of hydrogen-bond donors (Lipinski definition) is 0. The maximum Gasteiger partial charge on any atom is 0.331 e. The third-order valence-corrected chi connectivity index (χ3v) is 4.20. The first kappa shape index (κ1) is 18.5. The average molecular weight is 367 g/mol. The van der Waals surface area contributed by atoms with Crippen LogP contribution in [0, 0.1) is 5.82 Å². The second kappa shape index (κ2) is 8.40. The number of benzene rings is 2. The maximum atomic E-state index is 12.8. The van der Waals surface area contributed by atoms with E-state index in [0.29, 0.717) is 24.1 Å². The van der Waals surface area contributed by atoms with E-state index >= 15 is 0 Å². The molecule has 2 aromatic carbocycles. The van der Waals surface area contributed by atoms with Crippen molar-refractivity contribution in [2.75, 3.05) is 18.1 Å². The van der Waals surface area contributed by atoms with Crippen LogP contribution in [-0.2, 0) is 14.3 Å². The summed E-state index contributed by atoms with van der Waals surface area (Å²) in [5, 5.41) is 0. The van der Waals surface area contributed by atoms with Gasteiger partial charge in [-0.1, -0.05) is 12.1 Å². The predicted molar refractivity (Wildman–Crippen MR) is 98.8 cm³/mol. The van der Waals surface area contributed by atoms with Crippen LogP contribution in [0.25, 0.3) is 6.08 Å². The van der Waals surface area contributed by atoms with Crippen LogP contribution >= 0.6 is 0 Å². The molecule has 3 rings (SSSR count). The van der Waals surface area contributed by atoms with Crippen molar-refractivity contribution < 1.29 is 23.5 Å². The number of anilines is 1. The van der Waals surface area contributed by atoms with Gasteiger partial charge in [0.2, 0.25) is 5.91 Å². The molecule has 1 fully saturated rings. The SMILES string of the molecule is O=C(/C=C/c1ccc(F)cc1)OCC(=O)c1ccc(N2CCCC2=O)cc1. The molecule has 0 aliphatic carbocycles. The van der Waals surface area contributed by atoms with Crippen molar-refractivity contribution in [2.24, 2.45) is 0 Å². The Hall–Kier alpha value is -3.28. The fraction of sp³-hybridized carbons (Fsp3) is 0.190. The standard InChI is InChI=1S/C21H18FNO4/c22-17-8-3-15(4-9-17)5-12-21(26)27-14-19(24)16-6-10-18(11-7-16)23-13-1-2-20(23)25/h3-12H,1-2,13-14H2/b12-5+. The number of halogens is 1. The van der Waals surface area contributed by atoms with E-state index in [0.717, 1.165) is 12.1 Å². The first-order chi connectivity index (χ1) is 13.0. The topological polar surface area (TPSA) is 63.7 Å². The fourth-order valence-corrected chi connectivity index (χ4v) is 2.75. The van der Waals surface area contributed by atoms with Gasteiger partial charge < -0.3 is 9.64 Å². The number of nitrogens with zero attached hydrogens (tertiary/aromatic N) is 1. The van der Waals surface area contributed by atoms with Gasteiger partial charge in [-0.05, 0) is 54.5 Å². The Bertz CT molecular complexity index is 872. The third kappa shape index (κ3) is 4.88. The Labute approximate surface area is 156 Å². The monoisotopic (exact) mass is 367 g/mol. The van der Waals surface area contributed by atoms with Crippen LogP contribution in [0.5, 0.6) is 0 Å². The second-order valence-corrected chi connectivity index (χ2v) is 6.11. The van der Waals surface area contributed by atoms with Crippen molar-refractivity contribution in [1.29, 1.82) is 0 Å². The minimum absolute atomic E-state index is 0.0796. The molecule has 0 N–H and O–H groups in total. The molecule has 0 bridgehead atoms. The number of ether oxygens (including phenoxy) is 1. The summed E-state index contributed by atoms with van der Waals surface area (Å²) in [6, 6.07) is 12.3. The minimum atomic E-state index is -0.660. The van der Waals surface area contributed by atoms with Crippen LogP contribution in [0.3, 0.4) is 0 Å². The zero-order chi connectivity index (χ0) is 19.2. The Kier molecular flexibility index (Phi) is 5.76. The van der Waals surface area contributed by atoms with E-state index in [1.165, 1.54) is 36.4 Å². The smallest absolute Gasteiger partial charge is 0.331 e. The lowest BCUT2D eigenvalue weighted by atomic mass is 10.1. The van der Waals surface area contributed by atoms with Crippen molar-refractivity contribution in [3.8, 4) is 0 Å². The molecule has 0 unspecified atom stereocenters. The maximum absolute atomic E-state index is 12.8. The number of carbonyl (C=O) groups is 3. The number of ketones is 1. The van der Waals surface area contributed by atoms with E-state index in [1.54, 1.807) is 29.2 Å². The van der Waals surface area contributed by atoms with Gasteiger partial charge in [-0.15, -0.1) is 0 Å². The molecule has 0 spiro atoms. The van der Waals surface area contributed by atoms with Gasteiger partial charge in [-0.25, -0.2) is 9.18 Å². The Balaban J connectivity index is 1.52. The summed E-state index contributed by atoms with van der Waals surface area (Å²) < 4.78 is 17.8. The molecule has 6 heteroatoms. The number of amides is 1. The van der Waals surface area contributed by atoms with E-state index in [2.05, 4.69) is 0 Å². The molecule has 1 saturated heterocycles. The van der Waals surface area contributed by atoms with Crippen molar-refractivity contribution in [3.05, 3.63) is 71.6 Å². The largest absolute Gasteiger partial charge is 0.454 e. The van der Waals surface area contributed by atoms with Gasteiger partial charge in [-0.2, -0.15) is 0 Å². The number of Topliss-reactive ketones (excluding diaryl/α,β-unsaturated/α-hetero) is 1. The molecule has 1 aliphatic rings. The van der Waals surface area contributed by atoms with Crippen molar-refractivity contribution in [2.45, 2.75) is 12.8 Å². The number of carbonyl (C=O) groups excluding carboxylic acids is 3. The van der Waals surface area contributed by atoms with Crippen molar-refractivity contribution in [3.63, 3.8) is 0 Å². The van der Waals surface area contributed by atoms with Crippen LogP contribution in [0.1, 0.15) is 28.8 Å². The Morgan fingerprint density at radius 2 is 1.78 bits per heavy atom. The minimum Gasteiger partial charge on any atom is -0.454 e. The van der Waals surface area contributed by atoms with Crippen LogP contribution < -0.4 is 4.90 Å². The molecule has 2 aromatic rings. The quantitative estimate of drug-likeness (QED) is 0.446. The molecule has 138 valence electrons. The van der Waals surface area contributed by atoms with Crippen LogP contribution in [-0.4, -0.2) is 30.8 Å². The van der Waals surface area contributed by atoms with Crippen LogP contribution in [0.15, 0.2) is 54.6 Å². The van der Waals surface area contributed by atoms with Crippen LogP contribution in [0.2, 0.25) is 0 Å². The lowest BCUT2D eigenvalue weighted by Gasteiger charge is -2.15. The molecule has 0 atom stereocenters. The van der Waals surface area contributed by atoms with E-state index in [9.17, 15) is 18.8 Å². The molecule has 0 radical (unpaired) electrons. The highest BCUT2D eigenvalue weighted by Gasteiger charge is 2.21. The molecule has 27 heavy (non-hydrogen) atoms. The van der Waals surface area contributed by atoms with E-state index in [-0.39, 0.29) is 24.1 Å². The highest BCUT2D eigenvalue weighted by molar-refractivity contribution is 6.00. The zero-order valence-electron chi connectivity index (χ0n) is 14.6. The van der Waals surface area contributed by atoms with Gasteiger partial charge in [0, 0.05) is 30.3 Å². The highest BCUT2D eigenvalue weighted by atomic mass is 19.1. The zero-order valence-corrected chi connectivity index (χ0v) is 14.6. The highest BCUT2D eigenvalue weighted by Crippen LogP contribution is 2.21. The lowest BCUT2D eigenvalue weighted by molar-refractivity contribution is -0.136. The number of hydrogen-bond acceptors (Lipinski definition) is 4. The van der Waals surface area contributed by atoms with Gasteiger partial charge in [-0.3, -0.25) is 9.59 Å². The van der Waals surface area contributed by atoms with E-state index in [1.807, 2.05) is 0 Å². The second-order valence-electron chi connectivity index (χ2n) is 6.11. The van der Waals surface area contributed by atoms with Gasteiger partial charge >= 0.3 is 5.97 Å². The molecule has 0 saturated carbocycles. The van der Waals surface area contributed by atoms with E-state index in [4.69, 9.17) is 4.74 Å². The summed E-state index contributed by atoms with van der Waals surface area (Å²) in [5.41, 5.74) is 1.81. The summed E-state index contributed by atoms with van der Waals surface area (Å²) in [5.74, 6) is -1.28. The van der Waals surface area contributed by atoms with Gasteiger partial charge in [0.1, 0.15) is 5.82 Å². The Morgan fingerprint density at radius 3 is 2.41 bits per heavy atom. The average Bonchev–Trinajstić information content (AvgIpc) is 3.11. The summed E-state index contributed by atoms with van der Waals surface area (Å²) in [4.78, 5) is 37.3. The summed E-state index contributed by atoms with van der Waals surface area (Å²) >= 11 is 0. The van der Waals surface area contributed by atoms with Gasteiger partial charge in [0.25, 0.3) is 0 Å². The van der Waals surface area contributed by atoms with Crippen molar-refractivity contribution in [1.82, 2.24) is 0 Å². The lowest BCUT2D eigenvalue weighted by Crippen LogP contribution is -2.23. The van der Waals surface area contributed by atoms with Gasteiger partial charge in [0.15, 0.2) is 12.4 Å². The molecular weight excluding hydrogens is 349 g/mol. The first-order valence-corrected chi connectivity index (χ1v) is 8.57. The third-order valence-electron chi connectivity index (χ3n) is 4.20. The molecule has 1 amide bonds. The summed E-state index contributed by atoms with van der Waals surface area (Å²) in [7, 11) is 0. The summed E-state index contributed by atoms with van der Waals surface area (Å²) in [6.07, 6.45) is 4.04. The predicted octanol–water partition coefficient (Wildman–Crippen LogP) is 3.39. The number of rotatable bonds is 6. The number of esters is 1. The molecular formula is C21H18FNO4. The molecule has 5 nitrogen and oxygen atoms in total. The van der Waals surface area contributed by atoms with Crippen LogP contribution in [0.4, 0.5) is 10.1 Å². The van der Waals surface area contributed by atoms with Crippen molar-refractivity contribution >= 4 is 29.4 Å².